The molecule has 0 spiro atoms. The van der Waals surface area contributed by atoms with Gasteiger partial charge in [0.1, 0.15) is 5.75 Å². The Balaban J connectivity index is 1.78. The molecule has 2 aliphatic heterocycles. The lowest BCUT2D eigenvalue weighted by atomic mass is 9.92. The van der Waals surface area contributed by atoms with E-state index in [1.54, 1.807) is 16.9 Å². The predicted octanol–water partition coefficient (Wildman–Crippen LogP) is 2.07. The monoisotopic (exact) mass is 374 g/mol. The van der Waals surface area contributed by atoms with E-state index < -0.39 is 17.8 Å². The van der Waals surface area contributed by atoms with Gasteiger partial charge in [0.05, 0.1) is 24.6 Å². The summed E-state index contributed by atoms with van der Waals surface area (Å²) < 4.78 is 5.38. The third-order valence-corrected chi connectivity index (χ3v) is 5.61. The van der Waals surface area contributed by atoms with Gasteiger partial charge in [0.25, 0.3) is 0 Å². The Morgan fingerprint density at radius 2 is 1.93 bits per heavy atom. The lowest BCUT2D eigenvalue weighted by Gasteiger charge is -2.37. The number of rotatable bonds is 4. The van der Waals surface area contributed by atoms with E-state index in [1.807, 2.05) is 32.0 Å². The van der Waals surface area contributed by atoms with Crippen LogP contribution in [0.3, 0.4) is 0 Å². The number of methoxy groups -OCH3 is 1. The molecule has 2 fully saturated rings. The molecule has 1 aromatic carbocycles. The highest BCUT2D eigenvalue weighted by Gasteiger charge is 2.41. The van der Waals surface area contributed by atoms with Crippen LogP contribution in [0.1, 0.15) is 31.7 Å². The first-order chi connectivity index (χ1) is 12.8. The van der Waals surface area contributed by atoms with Crippen LogP contribution in [0.25, 0.3) is 0 Å². The largest absolute Gasteiger partial charge is 0.495 e. The van der Waals surface area contributed by atoms with Crippen molar-refractivity contribution in [3.8, 4) is 5.75 Å². The minimum absolute atomic E-state index is 0.00856. The second-order valence-electron chi connectivity index (χ2n) is 7.53. The van der Waals surface area contributed by atoms with Crippen molar-refractivity contribution in [3.63, 3.8) is 0 Å². The van der Waals surface area contributed by atoms with Gasteiger partial charge < -0.3 is 19.6 Å². The molecule has 2 heterocycles. The molecular weight excluding hydrogens is 348 g/mol. The van der Waals surface area contributed by atoms with Crippen LogP contribution in [0.4, 0.5) is 5.69 Å². The number of hydrogen-bond acceptors (Lipinski definition) is 4. The number of benzene rings is 1. The number of piperidine rings is 1. The first kappa shape index (κ1) is 19.2. The predicted molar refractivity (Wildman–Crippen MR) is 99.7 cm³/mol. The van der Waals surface area contributed by atoms with Gasteiger partial charge in [0.15, 0.2) is 0 Å². The van der Waals surface area contributed by atoms with E-state index in [2.05, 4.69) is 0 Å². The number of likely N-dealkylation sites (tertiary alicyclic amines) is 1. The molecule has 0 aromatic heterocycles. The first-order valence-corrected chi connectivity index (χ1v) is 9.30. The van der Waals surface area contributed by atoms with Crippen LogP contribution >= 0.6 is 0 Å². The molecular formula is C20H26N2O5. The highest BCUT2D eigenvalue weighted by molar-refractivity contribution is 6.01. The van der Waals surface area contributed by atoms with E-state index in [0.717, 1.165) is 5.56 Å². The van der Waals surface area contributed by atoms with Crippen LogP contribution in [0, 0.1) is 18.8 Å². The minimum atomic E-state index is -0.867. The van der Waals surface area contributed by atoms with Crippen LogP contribution in [-0.2, 0) is 14.4 Å². The summed E-state index contributed by atoms with van der Waals surface area (Å²) in [4.78, 5) is 40.2. The number of carboxylic acid groups (broad SMARTS) is 1. The smallest absolute Gasteiger partial charge is 0.308 e. The molecule has 3 unspecified atom stereocenters. The third-order valence-electron chi connectivity index (χ3n) is 5.61. The van der Waals surface area contributed by atoms with Gasteiger partial charge in [-0.25, -0.2) is 0 Å². The average Bonchev–Trinajstić information content (AvgIpc) is 3.03. The van der Waals surface area contributed by atoms with Crippen molar-refractivity contribution in [1.82, 2.24) is 4.90 Å². The van der Waals surface area contributed by atoms with Crippen LogP contribution in [-0.4, -0.2) is 54.0 Å². The van der Waals surface area contributed by atoms with Crippen molar-refractivity contribution in [2.45, 2.75) is 39.2 Å². The maximum absolute atomic E-state index is 13.0. The zero-order valence-electron chi connectivity index (χ0n) is 16.0. The maximum Gasteiger partial charge on any atom is 0.308 e. The molecule has 1 N–H and O–H groups in total. The third kappa shape index (κ3) is 3.77. The van der Waals surface area contributed by atoms with Crippen molar-refractivity contribution in [2.75, 3.05) is 25.1 Å². The number of carboxylic acids is 1. The molecule has 2 amide bonds. The number of amides is 2. The molecule has 2 aliphatic rings. The fraction of sp³-hybridized carbons (Fsp3) is 0.550. The number of carbonyl (C=O) groups excluding carboxylic acids is 2. The number of aryl methyl sites for hydroxylation is 1. The van der Waals surface area contributed by atoms with E-state index in [4.69, 9.17) is 4.74 Å². The minimum Gasteiger partial charge on any atom is -0.495 e. The number of hydrogen-bond donors (Lipinski definition) is 1. The van der Waals surface area contributed by atoms with Gasteiger partial charge >= 0.3 is 5.97 Å². The van der Waals surface area contributed by atoms with E-state index in [1.165, 1.54) is 0 Å². The Morgan fingerprint density at radius 1 is 1.19 bits per heavy atom. The van der Waals surface area contributed by atoms with Gasteiger partial charge in [0.2, 0.25) is 11.8 Å². The molecule has 3 rings (SSSR count). The molecule has 1 aromatic rings. The molecule has 146 valence electrons. The highest BCUT2D eigenvalue weighted by atomic mass is 16.5. The number of anilines is 1. The summed E-state index contributed by atoms with van der Waals surface area (Å²) in [7, 11) is 1.55. The van der Waals surface area contributed by atoms with E-state index in [0.29, 0.717) is 30.8 Å². The molecule has 7 heteroatoms. The van der Waals surface area contributed by atoms with E-state index >= 15 is 0 Å². The lowest BCUT2D eigenvalue weighted by Crippen LogP contribution is -2.49. The van der Waals surface area contributed by atoms with Crippen molar-refractivity contribution >= 4 is 23.5 Å². The summed E-state index contributed by atoms with van der Waals surface area (Å²) in [6.07, 6.45) is 1.38. The SMILES string of the molecule is COc1ccc(C)cc1N1CC(C(=O)N2CC(C(=O)O)CCC2C)CC1=O. The second kappa shape index (κ2) is 7.58. The van der Waals surface area contributed by atoms with Crippen LogP contribution in [0.15, 0.2) is 18.2 Å². The van der Waals surface area contributed by atoms with Crippen molar-refractivity contribution in [1.29, 1.82) is 0 Å². The van der Waals surface area contributed by atoms with Gasteiger partial charge in [-0.2, -0.15) is 0 Å². The van der Waals surface area contributed by atoms with Crippen molar-refractivity contribution in [2.24, 2.45) is 11.8 Å². The molecule has 7 nitrogen and oxygen atoms in total. The second-order valence-corrected chi connectivity index (χ2v) is 7.53. The summed E-state index contributed by atoms with van der Waals surface area (Å²) in [5, 5.41) is 9.29. The Morgan fingerprint density at radius 3 is 2.59 bits per heavy atom. The Kier molecular flexibility index (Phi) is 5.39. The van der Waals surface area contributed by atoms with Crippen LogP contribution < -0.4 is 9.64 Å². The standard InChI is InChI=1S/C20H26N2O5/c1-12-4-7-17(27-3)16(8-12)22-11-15(9-18(22)23)19(24)21-10-14(20(25)26)6-5-13(21)2/h4,7-8,13-15H,5-6,9-11H2,1-3H3,(H,25,26). The highest BCUT2D eigenvalue weighted by Crippen LogP contribution is 2.35. The molecule has 0 aliphatic carbocycles. The summed E-state index contributed by atoms with van der Waals surface area (Å²) >= 11 is 0. The normalized spacial score (nSPS) is 25.6. The van der Waals surface area contributed by atoms with Gasteiger partial charge in [-0.3, -0.25) is 14.4 Å². The number of aliphatic carboxylic acids is 1. The fourth-order valence-electron chi connectivity index (χ4n) is 3.97. The maximum atomic E-state index is 13.0. The zero-order chi connectivity index (χ0) is 19.7. The number of nitrogens with zero attached hydrogens (tertiary/aromatic N) is 2. The molecule has 27 heavy (non-hydrogen) atoms. The number of carbonyl (C=O) groups is 3. The Hall–Kier alpha value is -2.57. The molecule has 0 bridgehead atoms. The lowest BCUT2D eigenvalue weighted by molar-refractivity contribution is -0.148. The molecule has 0 radical (unpaired) electrons. The summed E-state index contributed by atoms with van der Waals surface area (Å²) in [6.45, 7) is 4.38. The topological polar surface area (TPSA) is 87.2 Å². The van der Waals surface area contributed by atoms with Gasteiger partial charge in [-0.1, -0.05) is 6.07 Å². The van der Waals surface area contributed by atoms with Crippen LogP contribution in [0.2, 0.25) is 0 Å². The first-order valence-electron chi connectivity index (χ1n) is 9.30. The summed E-state index contributed by atoms with van der Waals surface area (Å²) in [6, 6.07) is 5.60. The quantitative estimate of drug-likeness (QED) is 0.872. The van der Waals surface area contributed by atoms with Gasteiger partial charge in [-0.05, 0) is 44.4 Å². The van der Waals surface area contributed by atoms with Crippen molar-refractivity contribution in [3.05, 3.63) is 23.8 Å². The number of ether oxygens (including phenoxy) is 1. The van der Waals surface area contributed by atoms with Crippen molar-refractivity contribution < 1.29 is 24.2 Å². The zero-order valence-corrected chi connectivity index (χ0v) is 16.0. The average molecular weight is 374 g/mol. The molecule has 0 saturated carbocycles. The van der Waals surface area contributed by atoms with Gasteiger partial charge in [0, 0.05) is 25.6 Å². The molecule has 2 saturated heterocycles. The van der Waals surface area contributed by atoms with Crippen LogP contribution in [0.5, 0.6) is 5.75 Å². The van der Waals surface area contributed by atoms with Gasteiger partial charge in [-0.15, -0.1) is 0 Å². The summed E-state index contributed by atoms with van der Waals surface area (Å²) in [5.41, 5.74) is 1.68. The van der Waals surface area contributed by atoms with E-state index in [9.17, 15) is 19.5 Å². The molecule has 3 atom stereocenters. The Labute approximate surface area is 158 Å². The summed E-state index contributed by atoms with van der Waals surface area (Å²) in [5.74, 6) is -1.51. The van der Waals surface area contributed by atoms with E-state index in [-0.39, 0.29) is 30.8 Å². The Bertz CT molecular complexity index is 763. The fourth-order valence-corrected chi connectivity index (χ4v) is 3.97.